The molecule has 4 rings (SSSR count). The van der Waals surface area contributed by atoms with Gasteiger partial charge < -0.3 is 25.2 Å². The van der Waals surface area contributed by atoms with E-state index < -0.39 is 24.2 Å². The lowest BCUT2D eigenvalue weighted by atomic mass is 9.98. The zero-order valence-corrected chi connectivity index (χ0v) is 18.5. The normalized spacial score (nSPS) is 19.9. The highest BCUT2D eigenvalue weighted by molar-refractivity contribution is 5.85. The van der Waals surface area contributed by atoms with Crippen molar-refractivity contribution in [2.24, 2.45) is 0 Å². The number of carbonyl (C=O) groups is 3. The average molecular weight is 453 g/mol. The van der Waals surface area contributed by atoms with Crippen molar-refractivity contribution < 1.29 is 29.0 Å². The van der Waals surface area contributed by atoms with E-state index in [-0.39, 0.29) is 31.1 Å². The van der Waals surface area contributed by atoms with E-state index in [2.05, 4.69) is 22.8 Å². The van der Waals surface area contributed by atoms with Gasteiger partial charge in [-0.15, -0.1) is 0 Å². The number of alkyl carbamates (subject to hydrolysis) is 1. The predicted molar refractivity (Wildman–Crippen MR) is 121 cm³/mol. The Hall–Kier alpha value is -3.39. The first-order valence-corrected chi connectivity index (χ1v) is 11.3. The Balaban J connectivity index is 1.29. The number of hydrogen-bond donors (Lipinski definition) is 3. The molecule has 0 radical (unpaired) electrons. The van der Waals surface area contributed by atoms with E-state index in [9.17, 15) is 14.4 Å². The number of carboxylic acids is 1. The van der Waals surface area contributed by atoms with Crippen LogP contribution in [0.2, 0.25) is 0 Å². The summed E-state index contributed by atoms with van der Waals surface area (Å²) in [5.74, 6) is -1.40. The van der Waals surface area contributed by atoms with Crippen LogP contribution < -0.4 is 10.6 Å². The van der Waals surface area contributed by atoms with Gasteiger partial charge in [-0.3, -0.25) is 4.79 Å². The van der Waals surface area contributed by atoms with Crippen LogP contribution in [0, 0.1) is 0 Å². The lowest BCUT2D eigenvalue weighted by molar-refractivity contribution is -0.149. The van der Waals surface area contributed by atoms with E-state index in [0.717, 1.165) is 22.3 Å². The minimum Gasteiger partial charge on any atom is -0.479 e. The maximum atomic E-state index is 12.5. The van der Waals surface area contributed by atoms with Gasteiger partial charge in [-0.1, -0.05) is 55.5 Å². The Morgan fingerprint density at radius 1 is 1.06 bits per heavy atom. The van der Waals surface area contributed by atoms with Crippen molar-refractivity contribution in [1.82, 2.24) is 10.6 Å². The molecule has 1 saturated heterocycles. The van der Waals surface area contributed by atoms with Gasteiger partial charge >= 0.3 is 12.1 Å². The molecule has 1 aliphatic heterocycles. The molecule has 33 heavy (non-hydrogen) atoms. The van der Waals surface area contributed by atoms with Crippen LogP contribution in [0.4, 0.5) is 4.79 Å². The second kappa shape index (κ2) is 10.0. The number of benzene rings is 2. The lowest BCUT2D eigenvalue weighted by Crippen LogP contribution is -2.48. The number of amides is 2. The summed E-state index contributed by atoms with van der Waals surface area (Å²) in [6.07, 6.45) is -0.449. The molecule has 0 bridgehead atoms. The van der Waals surface area contributed by atoms with Crippen LogP contribution in [0.25, 0.3) is 11.1 Å². The van der Waals surface area contributed by atoms with Gasteiger partial charge in [-0.25, -0.2) is 9.59 Å². The second-order valence-corrected chi connectivity index (χ2v) is 8.34. The summed E-state index contributed by atoms with van der Waals surface area (Å²) < 4.78 is 10.9. The first-order chi connectivity index (χ1) is 16.0. The maximum Gasteiger partial charge on any atom is 0.407 e. The molecule has 174 valence electrons. The molecule has 1 aliphatic carbocycles. The monoisotopic (exact) mass is 452 g/mol. The third kappa shape index (κ3) is 5.01. The van der Waals surface area contributed by atoms with Crippen molar-refractivity contribution in [3.63, 3.8) is 0 Å². The molecular formula is C25H28N2O6. The van der Waals surface area contributed by atoms with E-state index in [0.29, 0.717) is 19.3 Å². The molecule has 3 N–H and O–H groups in total. The van der Waals surface area contributed by atoms with E-state index in [1.807, 2.05) is 36.4 Å². The fourth-order valence-electron chi connectivity index (χ4n) is 4.51. The van der Waals surface area contributed by atoms with Crippen molar-refractivity contribution >= 4 is 18.0 Å². The Morgan fingerprint density at radius 2 is 1.70 bits per heavy atom. The summed E-state index contributed by atoms with van der Waals surface area (Å²) in [4.78, 5) is 36.0. The molecule has 8 heteroatoms. The minimum atomic E-state index is -0.993. The summed E-state index contributed by atoms with van der Waals surface area (Å²) in [7, 11) is 0. The molecule has 1 fully saturated rings. The molecule has 0 saturated carbocycles. The molecule has 0 aromatic heterocycles. The Kier molecular flexibility index (Phi) is 6.93. The standard InChI is InChI=1S/C25H28N2O6/c1-2-21(23(28)26-13-15-11-12-22(33-15)24(29)30)27-25(31)32-14-20-18-9-5-3-7-16(18)17-8-4-6-10-19(17)20/h3-10,15,20-22H,2,11-14H2,1H3,(H,26,28)(H,27,31)(H,29,30)/t15?,21-,22?/m0/s1. The number of carbonyl (C=O) groups excluding carboxylic acids is 2. The number of aliphatic carboxylic acids is 1. The number of nitrogens with one attached hydrogen (secondary N) is 2. The smallest absolute Gasteiger partial charge is 0.407 e. The van der Waals surface area contributed by atoms with E-state index in [1.54, 1.807) is 6.92 Å². The van der Waals surface area contributed by atoms with Crippen molar-refractivity contribution in [1.29, 1.82) is 0 Å². The van der Waals surface area contributed by atoms with Gasteiger partial charge in [0.05, 0.1) is 6.10 Å². The quantitative estimate of drug-likeness (QED) is 0.567. The van der Waals surface area contributed by atoms with Gasteiger partial charge in [-0.05, 0) is 41.5 Å². The number of ether oxygens (including phenoxy) is 2. The van der Waals surface area contributed by atoms with Crippen LogP contribution in [-0.2, 0) is 19.1 Å². The van der Waals surface area contributed by atoms with E-state index >= 15 is 0 Å². The molecule has 2 amide bonds. The molecule has 2 aliphatic rings. The van der Waals surface area contributed by atoms with Crippen molar-refractivity contribution in [3.8, 4) is 11.1 Å². The highest BCUT2D eigenvalue weighted by Gasteiger charge is 2.32. The molecule has 0 spiro atoms. The number of fused-ring (bicyclic) bond motifs is 3. The Morgan fingerprint density at radius 3 is 2.27 bits per heavy atom. The number of rotatable bonds is 8. The van der Waals surface area contributed by atoms with Crippen LogP contribution in [0.3, 0.4) is 0 Å². The molecule has 8 nitrogen and oxygen atoms in total. The van der Waals surface area contributed by atoms with Gasteiger partial charge in [-0.2, -0.15) is 0 Å². The fraction of sp³-hybridized carbons (Fsp3) is 0.400. The highest BCUT2D eigenvalue weighted by Crippen LogP contribution is 2.44. The summed E-state index contributed by atoms with van der Waals surface area (Å²) in [5.41, 5.74) is 4.53. The van der Waals surface area contributed by atoms with Crippen molar-refractivity contribution in [2.75, 3.05) is 13.2 Å². The Bertz CT molecular complexity index is 994. The first-order valence-electron chi connectivity index (χ1n) is 11.3. The fourth-order valence-corrected chi connectivity index (χ4v) is 4.51. The van der Waals surface area contributed by atoms with Crippen LogP contribution in [0.5, 0.6) is 0 Å². The molecule has 2 unspecified atom stereocenters. The lowest BCUT2D eigenvalue weighted by Gasteiger charge is -2.19. The van der Waals surface area contributed by atoms with Gasteiger partial charge in [0.2, 0.25) is 5.91 Å². The number of hydrogen-bond acceptors (Lipinski definition) is 5. The van der Waals surface area contributed by atoms with Crippen LogP contribution in [-0.4, -0.2) is 54.5 Å². The third-order valence-electron chi connectivity index (χ3n) is 6.25. The molecule has 2 aromatic carbocycles. The molecular weight excluding hydrogens is 424 g/mol. The van der Waals surface area contributed by atoms with Crippen molar-refractivity contribution in [2.45, 2.75) is 50.4 Å². The molecule has 1 heterocycles. The van der Waals surface area contributed by atoms with E-state index in [1.165, 1.54) is 0 Å². The Labute approximate surface area is 192 Å². The summed E-state index contributed by atoms with van der Waals surface area (Å²) in [6, 6.07) is 15.4. The second-order valence-electron chi connectivity index (χ2n) is 8.34. The van der Waals surface area contributed by atoms with Gasteiger partial charge in [0.1, 0.15) is 12.6 Å². The largest absolute Gasteiger partial charge is 0.479 e. The topological polar surface area (TPSA) is 114 Å². The van der Waals surface area contributed by atoms with Gasteiger partial charge in [0.25, 0.3) is 0 Å². The summed E-state index contributed by atoms with van der Waals surface area (Å²) >= 11 is 0. The maximum absolute atomic E-state index is 12.5. The SMILES string of the molecule is CC[C@H](NC(=O)OCC1c2ccccc2-c2ccccc21)C(=O)NCC1CCC(C(=O)O)O1. The third-order valence-corrected chi connectivity index (χ3v) is 6.25. The van der Waals surface area contributed by atoms with Crippen LogP contribution in [0.15, 0.2) is 48.5 Å². The number of carboxylic acid groups (broad SMARTS) is 1. The van der Waals surface area contributed by atoms with Crippen molar-refractivity contribution in [3.05, 3.63) is 59.7 Å². The zero-order chi connectivity index (χ0) is 23.4. The summed E-state index contributed by atoms with van der Waals surface area (Å²) in [5, 5.41) is 14.4. The predicted octanol–water partition coefficient (Wildman–Crippen LogP) is 3.05. The van der Waals surface area contributed by atoms with E-state index in [4.69, 9.17) is 14.6 Å². The zero-order valence-electron chi connectivity index (χ0n) is 18.5. The minimum absolute atomic E-state index is 0.0567. The average Bonchev–Trinajstić information content (AvgIpc) is 3.43. The van der Waals surface area contributed by atoms with Gasteiger partial charge in [0.15, 0.2) is 6.10 Å². The van der Waals surface area contributed by atoms with Crippen LogP contribution >= 0.6 is 0 Å². The van der Waals surface area contributed by atoms with Crippen LogP contribution in [0.1, 0.15) is 43.2 Å². The first kappa shape index (κ1) is 22.8. The highest BCUT2D eigenvalue weighted by atomic mass is 16.5. The van der Waals surface area contributed by atoms with Gasteiger partial charge in [0, 0.05) is 12.5 Å². The molecule has 3 atom stereocenters. The molecule has 2 aromatic rings. The summed E-state index contributed by atoms with van der Waals surface area (Å²) in [6.45, 7) is 2.16.